The van der Waals surface area contributed by atoms with E-state index < -0.39 is 61.1 Å². The maximum atomic E-state index is 14.6. The van der Waals surface area contributed by atoms with E-state index in [1.807, 2.05) is 0 Å². The lowest BCUT2D eigenvalue weighted by atomic mass is 9.97. The highest BCUT2D eigenvalue weighted by Crippen LogP contribution is 2.27. The van der Waals surface area contributed by atoms with Gasteiger partial charge in [0.1, 0.15) is 18.8 Å². The number of esters is 3. The highest BCUT2D eigenvalue weighted by atomic mass is 19.1. The van der Waals surface area contributed by atoms with Crippen LogP contribution in [-0.2, 0) is 38.1 Å². The fraction of sp³-hybridized carbons (Fsp3) is 0.714. The molecule has 2 unspecified atom stereocenters. The van der Waals surface area contributed by atoms with E-state index in [1.54, 1.807) is 0 Å². The molecule has 0 spiro atoms. The van der Waals surface area contributed by atoms with E-state index in [1.165, 1.54) is 0 Å². The van der Waals surface area contributed by atoms with Gasteiger partial charge in [-0.05, 0) is 0 Å². The van der Waals surface area contributed by atoms with E-state index in [4.69, 9.17) is 18.9 Å². The molecule has 0 aliphatic carbocycles. The number of halogens is 1. The molecule has 0 aromatic rings. The van der Waals surface area contributed by atoms with Gasteiger partial charge in [-0.25, -0.2) is 4.39 Å². The minimum absolute atomic E-state index is 0.473. The molecule has 1 aliphatic rings. The monoisotopic (exact) mass is 349 g/mol. The van der Waals surface area contributed by atoms with E-state index >= 15 is 0 Å². The Morgan fingerprint density at radius 2 is 1.58 bits per heavy atom. The van der Waals surface area contributed by atoms with Gasteiger partial charge in [0.25, 0.3) is 0 Å². The summed E-state index contributed by atoms with van der Waals surface area (Å²) in [4.78, 5) is 44.7. The van der Waals surface area contributed by atoms with Crippen LogP contribution in [0.4, 0.5) is 4.39 Å². The summed E-state index contributed by atoms with van der Waals surface area (Å²) in [6.45, 7) is 3.97. The average molecular weight is 349 g/mol. The third-order valence-electron chi connectivity index (χ3n) is 3.03. The zero-order valence-corrected chi connectivity index (χ0v) is 13.7. The molecule has 0 aromatic heterocycles. The molecule has 1 rings (SSSR count). The second-order valence-electron chi connectivity index (χ2n) is 5.20. The highest BCUT2D eigenvalue weighted by Gasteiger charge is 2.50. The second kappa shape index (κ2) is 8.57. The van der Waals surface area contributed by atoms with Crippen LogP contribution >= 0.6 is 0 Å². The van der Waals surface area contributed by atoms with Crippen molar-refractivity contribution in [1.29, 1.82) is 0 Å². The Balaban J connectivity index is 3.07. The predicted molar refractivity (Wildman–Crippen MR) is 75.1 cm³/mol. The van der Waals surface area contributed by atoms with E-state index in [0.717, 1.165) is 27.7 Å². The van der Waals surface area contributed by atoms with Crippen LogP contribution in [0.1, 0.15) is 27.7 Å². The van der Waals surface area contributed by atoms with E-state index in [0.29, 0.717) is 0 Å². The smallest absolute Gasteiger partial charge is 0.305 e. The van der Waals surface area contributed by atoms with Gasteiger partial charge in [0.15, 0.2) is 12.3 Å². The quantitative estimate of drug-likeness (QED) is 0.527. The molecule has 1 fully saturated rings. The van der Waals surface area contributed by atoms with Crippen LogP contribution in [0.3, 0.4) is 0 Å². The summed E-state index contributed by atoms with van der Waals surface area (Å²) in [7, 11) is 0. The number of carbonyl (C=O) groups excluding carboxylic acids is 4. The molecule has 9 nitrogen and oxygen atoms in total. The fourth-order valence-corrected chi connectivity index (χ4v) is 2.21. The van der Waals surface area contributed by atoms with Gasteiger partial charge in [0, 0.05) is 27.7 Å². The number of nitrogens with one attached hydrogen (secondary N) is 1. The van der Waals surface area contributed by atoms with Crippen molar-refractivity contribution in [2.24, 2.45) is 0 Å². The van der Waals surface area contributed by atoms with Crippen LogP contribution < -0.4 is 5.32 Å². The SMILES string of the molecule is CC(=O)N[C@H]1C(OC(C)=O)O[C@H](COC(C)=O)[C@@H](F)C1OC(C)=O. The lowest BCUT2D eigenvalue weighted by molar-refractivity contribution is -0.256. The Morgan fingerprint density at radius 3 is 2.04 bits per heavy atom. The highest BCUT2D eigenvalue weighted by molar-refractivity contribution is 5.74. The van der Waals surface area contributed by atoms with Crippen molar-refractivity contribution in [2.75, 3.05) is 6.61 Å². The maximum Gasteiger partial charge on any atom is 0.305 e. The molecule has 136 valence electrons. The van der Waals surface area contributed by atoms with Gasteiger partial charge in [-0.1, -0.05) is 0 Å². The van der Waals surface area contributed by atoms with Gasteiger partial charge >= 0.3 is 17.9 Å². The zero-order chi connectivity index (χ0) is 18.4. The Kier molecular flexibility index (Phi) is 7.08. The largest absolute Gasteiger partial charge is 0.463 e. The van der Waals surface area contributed by atoms with E-state index in [-0.39, 0.29) is 0 Å². The van der Waals surface area contributed by atoms with Gasteiger partial charge in [-0.15, -0.1) is 0 Å². The van der Waals surface area contributed by atoms with Crippen LogP contribution in [-0.4, -0.2) is 61.1 Å². The molecule has 0 aromatic carbocycles. The molecule has 10 heteroatoms. The number of amides is 1. The molecule has 0 saturated carbocycles. The molecule has 1 heterocycles. The first kappa shape index (κ1) is 19.8. The van der Waals surface area contributed by atoms with Gasteiger partial charge in [0.05, 0.1) is 0 Å². The topological polar surface area (TPSA) is 117 Å². The van der Waals surface area contributed by atoms with Crippen molar-refractivity contribution in [3.05, 3.63) is 0 Å². The third-order valence-corrected chi connectivity index (χ3v) is 3.03. The lowest BCUT2D eigenvalue weighted by Crippen LogP contribution is -2.64. The van der Waals surface area contributed by atoms with Gasteiger partial charge in [0.2, 0.25) is 12.2 Å². The van der Waals surface area contributed by atoms with Crippen molar-refractivity contribution in [1.82, 2.24) is 5.32 Å². The number of alkyl halides is 1. The summed E-state index contributed by atoms with van der Waals surface area (Å²) < 4.78 is 34.5. The van der Waals surface area contributed by atoms with Crippen molar-refractivity contribution >= 4 is 23.8 Å². The Hall–Kier alpha value is -2.23. The number of hydrogen-bond donors (Lipinski definition) is 1. The van der Waals surface area contributed by atoms with Crippen molar-refractivity contribution in [2.45, 2.75) is 58.4 Å². The first-order valence-electron chi connectivity index (χ1n) is 7.16. The molecular formula is C14H20FNO8. The molecule has 1 aliphatic heterocycles. The summed E-state index contributed by atoms with van der Waals surface area (Å²) in [6, 6.07) is -1.25. The predicted octanol–water partition coefficient (Wildman–Crippen LogP) is -0.388. The summed E-state index contributed by atoms with van der Waals surface area (Å²) >= 11 is 0. The first-order valence-corrected chi connectivity index (χ1v) is 7.16. The molecule has 1 N–H and O–H groups in total. The van der Waals surface area contributed by atoms with Gasteiger partial charge in [-0.3, -0.25) is 19.2 Å². The third kappa shape index (κ3) is 5.76. The van der Waals surface area contributed by atoms with Crippen LogP contribution in [0.2, 0.25) is 0 Å². The molecule has 1 saturated heterocycles. The van der Waals surface area contributed by atoms with Crippen molar-refractivity contribution < 1.29 is 42.5 Å². The van der Waals surface area contributed by atoms with Crippen LogP contribution in [0.25, 0.3) is 0 Å². The number of hydrogen-bond acceptors (Lipinski definition) is 8. The number of carbonyl (C=O) groups is 4. The van der Waals surface area contributed by atoms with Crippen LogP contribution in [0, 0.1) is 0 Å². The summed E-state index contributed by atoms with van der Waals surface area (Å²) in [5, 5.41) is 2.34. The van der Waals surface area contributed by atoms with Crippen LogP contribution in [0.15, 0.2) is 0 Å². The van der Waals surface area contributed by atoms with E-state index in [9.17, 15) is 23.6 Å². The number of rotatable bonds is 5. The standard InChI is InChI=1S/C14H20FNO8/c1-6(17)16-12-13(22-8(3)19)11(15)10(5-21-7(2)18)24-14(12)23-9(4)20/h10-14H,5H2,1-4H3,(H,16,17)/t10-,11-,12-,13?,14?/m1/s1. The normalized spacial score (nSPS) is 29.3. The molecule has 0 radical (unpaired) electrons. The maximum absolute atomic E-state index is 14.6. The van der Waals surface area contributed by atoms with E-state index in [2.05, 4.69) is 5.32 Å². The lowest BCUT2D eigenvalue weighted by Gasteiger charge is -2.42. The summed E-state index contributed by atoms with van der Waals surface area (Å²) in [5.74, 6) is -2.78. The summed E-state index contributed by atoms with van der Waals surface area (Å²) in [6.07, 6.45) is -6.15. The van der Waals surface area contributed by atoms with Gasteiger partial charge in [-0.2, -0.15) is 0 Å². The fourth-order valence-electron chi connectivity index (χ4n) is 2.21. The molecule has 5 atom stereocenters. The summed E-state index contributed by atoms with van der Waals surface area (Å²) in [5.41, 5.74) is 0. The van der Waals surface area contributed by atoms with Gasteiger partial charge < -0.3 is 24.3 Å². The Labute approximate surface area is 137 Å². The minimum Gasteiger partial charge on any atom is -0.463 e. The van der Waals surface area contributed by atoms with Crippen molar-refractivity contribution in [3.63, 3.8) is 0 Å². The Morgan fingerprint density at radius 1 is 1.00 bits per heavy atom. The molecular weight excluding hydrogens is 329 g/mol. The first-order chi connectivity index (χ1) is 11.1. The minimum atomic E-state index is -1.92. The van der Waals surface area contributed by atoms with Crippen molar-refractivity contribution in [3.8, 4) is 0 Å². The number of ether oxygens (including phenoxy) is 4. The Bertz CT molecular complexity index is 511. The average Bonchev–Trinajstić information content (AvgIpc) is 2.42. The molecule has 0 bridgehead atoms. The zero-order valence-electron chi connectivity index (χ0n) is 13.7. The molecule has 1 amide bonds. The van der Waals surface area contributed by atoms with Crippen LogP contribution in [0.5, 0.6) is 0 Å². The molecule has 24 heavy (non-hydrogen) atoms. The second-order valence-corrected chi connectivity index (χ2v) is 5.20.